The van der Waals surface area contributed by atoms with E-state index in [2.05, 4.69) is 17.2 Å². The Bertz CT molecular complexity index is 449. The van der Waals surface area contributed by atoms with Crippen molar-refractivity contribution in [3.05, 3.63) is 17.8 Å². The topological polar surface area (TPSA) is 84.0 Å². The molecule has 96 valence electrons. The van der Waals surface area contributed by atoms with E-state index in [1.807, 2.05) is 6.07 Å². The summed E-state index contributed by atoms with van der Waals surface area (Å²) in [5.41, 5.74) is 6.88. The molecule has 0 amide bonds. The highest BCUT2D eigenvalue weighted by Gasteiger charge is 2.21. The van der Waals surface area contributed by atoms with Crippen molar-refractivity contribution in [3.63, 3.8) is 0 Å². The molecular weight excluding hydrogens is 228 g/mol. The molecule has 1 unspecified atom stereocenters. The Balaban J connectivity index is 2.02. The first-order chi connectivity index (χ1) is 8.70. The summed E-state index contributed by atoms with van der Waals surface area (Å²) in [5, 5.41) is 12.1. The number of aromatic nitrogens is 1. The van der Waals surface area contributed by atoms with Gasteiger partial charge in [-0.25, -0.2) is 4.98 Å². The SMILES string of the molecule is CC(Nc1ncc(C#N)cc1N)C1CCOCC1. The van der Waals surface area contributed by atoms with Gasteiger partial charge >= 0.3 is 0 Å². The lowest BCUT2D eigenvalue weighted by Gasteiger charge is -2.29. The van der Waals surface area contributed by atoms with E-state index in [1.165, 1.54) is 6.20 Å². The molecule has 1 aliphatic rings. The summed E-state index contributed by atoms with van der Waals surface area (Å²) in [6, 6.07) is 3.97. The van der Waals surface area contributed by atoms with Gasteiger partial charge in [0.05, 0.1) is 11.3 Å². The minimum absolute atomic E-state index is 0.302. The Kier molecular flexibility index (Phi) is 4.00. The number of rotatable bonds is 3. The van der Waals surface area contributed by atoms with Gasteiger partial charge in [0.1, 0.15) is 11.9 Å². The van der Waals surface area contributed by atoms with Crippen LogP contribution in [0.25, 0.3) is 0 Å². The molecule has 1 fully saturated rings. The minimum Gasteiger partial charge on any atom is -0.396 e. The maximum atomic E-state index is 8.76. The number of nitrogens with zero attached hydrogens (tertiary/aromatic N) is 2. The van der Waals surface area contributed by atoms with E-state index in [0.29, 0.717) is 29.0 Å². The molecule has 0 radical (unpaired) electrons. The van der Waals surface area contributed by atoms with Crippen molar-refractivity contribution in [3.8, 4) is 6.07 Å². The van der Waals surface area contributed by atoms with Gasteiger partial charge in [0.25, 0.3) is 0 Å². The van der Waals surface area contributed by atoms with Crippen molar-refractivity contribution in [1.82, 2.24) is 4.98 Å². The summed E-state index contributed by atoms with van der Waals surface area (Å²) < 4.78 is 5.35. The normalized spacial score (nSPS) is 18.0. The second-order valence-corrected chi connectivity index (χ2v) is 4.66. The number of hydrogen-bond acceptors (Lipinski definition) is 5. The first-order valence-electron chi connectivity index (χ1n) is 6.20. The fraction of sp³-hybridized carbons (Fsp3) is 0.538. The molecule has 1 saturated heterocycles. The summed E-state index contributed by atoms with van der Waals surface area (Å²) in [7, 11) is 0. The van der Waals surface area contributed by atoms with Gasteiger partial charge < -0.3 is 15.8 Å². The molecule has 5 heteroatoms. The Labute approximate surface area is 107 Å². The third-order valence-corrected chi connectivity index (χ3v) is 3.38. The predicted molar refractivity (Wildman–Crippen MR) is 70.0 cm³/mol. The number of anilines is 2. The van der Waals surface area contributed by atoms with E-state index in [9.17, 15) is 0 Å². The quantitative estimate of drug-likeness (QED) is 0.849. The number of hydrogen-bond donors (Lipinski definition) is 2. The monoisotopic (exact) mass is 246 g/mol. The summed E-state index contributed by atoms with van der Waals surface area (Å²) in [5.74, 6) is 1.24. The zero-order chi connectivity index (χ0) is 13.0. The van der Waals surface area contributed by atoms with Crippen LogP contribution in [-0.4, -0.2) is 24.2 Å². The van der Waals surface area contributed by atoms with Gasteiger partial charge in [-0.2, -0.15) is 5.26 Å². The van der Waals surface area contributed by atoms with Crippen LogP contribution in [0.5, 0.6) is 0 Å². The maximum absolute atomic E-state index is 8.76. The number of nitrogen functional groups attached to an aromatic ring is 1. The van der Waals surface area contributed by atoms with E-state index in [-0.39, 0.29) is 0 Å². The Morgan fingerprint density at radius 2 is 2.28 bits per heavy atom. The van der Waals surface area contributed by atoms with Crippen molar-refractivity contribution in [1.29, 1.82) is 5.26 Å². The highest BCUT2D eigenvalue weighted by atomic mass is 16.5. The van der Waals surface area contributed by atoms with E-state index >= 15 is 0 Å². The Hall–Kier alpha value is -1.80. The van der Waals surface area contributed by atoms with Crippen LogP contribution in [0.1, 0.15) is 25.3 Å². The van der Waals surface area contributed by atoms with Crippen molar-refractivity contribution in [2.24, 2.45) is 5.92 Å². The molecule has 3 N–H and O–H groups in total. The average molecular weight is 246 g/mol. The van der Waals surface area contributed by atoms with Gasteiger partial charge in [0.2, 0.25) is 0 Å². The smallest absolute Gasteiger partial charge is 0.149 e. The molecule has 1 atom stereocenters. The molecule has 0 saturated carbocycles. The van der Waals surface area contributed by atoms with Crippen molar-refractivity contribution < 1.29 is 4.74 Å². The van der Waals surface area contributed by atoms with Crippen LogP contribution in [-0.2, 0) is 4.74 Å². The molecule has 1 aromatic heterocycles. The standard InChI is InChI=1S/C13H18N4O/c1-9(11-2-4-18-5-3-11)17-13-12(15)6-10(7-14)8-16-13/h6,8-9,11H,2-5,15H2,1H3,(H,16,17). The molecule has 2 rings (SSSR count). The average Bonchev–Trinajstić information content (AvgIpc) is 2.42. The second-order valence-electron chi connectivity index (χ2n) is 4.66. The van der Waals surface area contributed by atoms with Gasteiger partial charge in [0, 0.05) is 25.5 Å². The lowest BCUT2D eigenvalue weighted by molar-refractivity contribution is 0.0622. The molecule has 0 bridgehead atoms. The summed E-state index contributed by atoms with van der Waals surface area (Å²) >= 11 is 0. The molecule has 1 aliphatic heterocycles. The molecule has 2 heterocycles. The zero-order valence-corrected chi connectivity index (χ0v) is 10.5. The molecule has 5 nitrogen and oxygen atoms in total. The van der Waals surface area contributed by atoms with Gasteiger partial charge in [-0.3, -0.25) is 0 Å². The summed E-state index contributed by atoms with van der Waals surface area (Å²) in [4.78, 5) is 4.19. The van der Waals surface area contributed by atoms with Crippen molar-refractivity contribution >= 4 is 11.5 Å². The first-order valence-corrected chi connectivity index (χ1v) is 6.20. The zero-order valence-electron chi connectivity index (χ0n) is 10.5. The molecule has 1 aromatic rings. The number of nitrogens with two attached hydrogens (primary N) is 1. The second kappa shape index (κ2) is 5.69. The third kappa shape index (κ3) is 2.90. The highest BCUT2D eigenvalue weighted by molar-refractivity contribution is 5.63. The molecule has 0 spiro atoms. The van der Waals surface area contributed by atoms with Crippen LogP contribution in [0.4, 0.5) is 11.5 Å². The lowest BCUT2D eigenvalue weighted by Crippen LogP contribution is -2.31. The van der Waals surface area contributed by atoms with E-state index in [0.717, 1.165) is 26.1 Å². The van der Waals surface area contributed by atoms with Crippen LogP contribution in [0.15, 0.2) is 12.3 Å². The van der Waals surface area contributed by atoms with Gasteiger partial charge in [-0.1, -0.05) is 0 Å². The van der Waals surface area contributed by atoms with E-state index in [4.69, 9.17) is 15.7 Å². The molecular formula is C13H18N4O. The largest absolute Gasteiger partial charge is 0.396 e. The van der Waals surface area contributed by atoms with Gasteiger partial charge in [-0.05, 0) is 31.7 Å². The Morgan fingerprint density at radius 3 is 2.89 bits per heavy atom. The van der Waals surface area contributed by atoms with Crippen molar-refractivity contribution in [2.75, 3.05) is 24.3 Å². The van der Waals surface area contributed by atoms with Crippen LogP contribution >= 0.6 is 0 Å². The van der Waals surface area contributed by atoms with Gasteiger partial charge in [0.15, 0.2) is 0 Å². The fourth-order valence-corrected chi connectivity index (χ4v) is 2.21. The number of pyridine rings is 1. The fourth-order valence-electron chi connectivity index (χ4n) is 2.21. The molecule has 0 aliphatic carbocycles. The highest BCUT2D eigenvalue weighted by Crippen LogP contribution is 2.23. The third-order valence-electron chi connectivity index (χ3n) is 3.38. The number of ether oxygens (including phenoxy) is 1. The molecule has 0 aromatic carbocycles. The summed E-state index contributed by atoms with van der Waals surface area (Å²) in [6.45, 7) is 3.79. The maximum Gasteiger partial charge on any atom is 0.149 e. The lowest BCUT2D eigenvalue weighted by atomic mass is 9.93. The van der Waals surface area contributed by atoms with Crippen LogP contribution in [0.2, 0.25) is 0 Å². The Morgan fingerprint density at radius 1 is 1.56 bits per heavy atom. The first kappa shape index (κ1) is 12.7. The van der Waals surface area contributed by atoms with Crippen LogP contribution < -0.4 is 11.1 Å². The van der Waals surface area contributed by atoms with Crippen LogP contribution in [0, 0.1) is 17.2 Å². The molecule has 18 heavy (non-hydrogen) atoms. The van der Waals surface area contributed by atoms with E-state index in [1.54, 1.807) is 6.07 Å². The van der Waals surface area contributed by atoms with Crippen molar-refractivity contribution in [2.45, 2.75) is 25.8 Å². The van der Waals surface area contributed by atoms with Gasteiger partial charge in [-0.15, -0.1) is 0 Å². The minimum atomic E-state index is 0.302. The van der Waals surface area contributed by atoms with E-state index < -0.39 is 0 Å². The number of nitrogens with one attached hydrogen (secondary N) is 1. The predicted octanol–water partition coefficient (Wildman–Crippen LogP) is 1.76. The van der Waals surface area contributed by atoms with Crippen LogP contribution in [0.3, 0.4) is 0 Å². The number of nitriles is 1. The summed E-state index contributed by atoms with van der Waals surface area (Å²) in [6.07, 6.45) is 3.66.